The third-order valence-corrected chi connectivity index (χ3v) is 3.78. The first-order chi connectivity index (χ1) is 9.02. The van der Waals surface area contributed by atoms with Gasteiger partial charge in [0, 0.05) is 6.54 Å². The molecular formula is C15H19FN2O. The van der Waals surface area contributed by atoms with Crippen molar-refractivity contribution < 1.29 is 9.50 Å². The summed E-state index contributed by atoms with van der Waals surface area (Å²) in [6.45, 7) is 2.54. The van der Waals surface area contributed by atoms with Crippen molar-refractivity contribution in [1.29, 1.82) is 5.26 Å². The maximum atomic E-state index is 13.0. The van der Waals surface area contributed by atoms with Crippen molar-refractivity contribution >= 4 is 5.69 Å². The molecule has 0 heterocycles. The number of nitrogens with zero attached hydrogens (tertiary/aromatic N) is 1. The van der Waals surface area contributed by atoms with Crippen LogP contribution in [0.2, 0.25) is 0 Å². The van der Waals surface area contributed by atoms with E-state index in [2.05, 4.69) is 12.2 Å². The first kappa shape index (κ1) is 13.8. The van der Waals surface area contributed by atoms with Crippen LogP contribution < -0.4 is 5.32 Å². The molecule has 2 unspecified atom stereocenters. The van der Waals surface area contributed by atoms with Gasteiger partial charge in [-0.3, -0.25) is 0 Å². The van der Waals surface area contributed by atoms with Crippen molar-refractivity contribution in [2.24, 2.45) is 5.92 Å². The number of benzene rings is 1. The molecule has 2 N–H and O–H groups in total. The number of aliphatic hydroxyl groups is 1. The number of nitriles is 1. The lowest BCUT2D eigenvalue weighted by Crippen LogP contribution is -2.41. The van der Waals surface area contributed by atoms with Gasteiger partial charge in [-0.15, -0.1) is 0 Å². The summed E-state index contributed by atoms with van der Waals surface area (Å²) in [5, 5.41) is 22.6. The number of hydrogen-bond donors (Lipinski definition) is 2. The van der Waals surface area contributed by atoms with Crippen molar-refractivity contribution in [1.82, 2.24) is 0 Å². The molecule has 3 nitrogen and oxygen atoms in total. The molecule has 2 rings (SSSR count). The maximum Gasteiger partial charge on any atom is 0.124 e. The predicted molar refractivity (Wildman–Crippen MR) is 72.2 cm³/mol. The maximum absolute atomic E-state index is 13.0. The summed E-state index contributed by atoms with van der Waals surface area (Å²) in [6.07, 6.45) is 3.71. The zero-order chi connectivity index (χ0) is 13.9. The van der Waals surface area contributed by atoms with Crippen LogP contribution in [-0.4, -0.2) is 17.3 Å². The van der Waals surface area contributed by atoms with E-state index in [-0.39, 0.29) is 5.56 Å². The molecule has 1 aromatic rings. The summed E-state index contributed by atoms with van der Waals surface area (Å²) in [5.74, 6) is 0.0938. The largest absolute Gasteiger partial charge is 0.388 e. The van der Waals surface area contributed by atoms with E-state index in [1.165, 1.54) is 12.1 Å². The molecule has 0 aliphatic heterocycles. The summed E-state index contributed by atoms with van der Waals surface area (Å²) >= 11 is 0. The highest BCUT2D eigenvalue weighted by molar-refractivity contribution is 5.57. The summed E-state index contributed by atoms with van der Waals surface area (Å²) in [7, 11) is 0. The van der Waals surface area contributed by atoms with Gasteiger partial charge in [0.2, 0.25) is 0 Å². The molecule has 1 aliphatic carbocycles. The van der Waals surface area contributed by atoms with Gasteiger partial charge in [0.25, 0.3) is 0 Å². The van der Waals surface area contributed by atoms with E-state index >= 15 is 0 Å². The molecule has 4 heteroatoms. The Bertz CT molecular complexity index is 497. The third-order valence-electron chi connectivity index (χ3n) is 3.78. The highest BCUT2D eigenvalue weighted by Gasteiger charge is 2.32. The second kappa shape index (κ2) is 5.58. The summed E-state index contributed by atoms with van der Waals surface area (Å²) < 4.78 is 13.0. The number of hydrogen-bond acceptors (Lipinski definition) is 3. The molecule has 0 aromatic heterocycles. The van der Waals surface area contributed by atoms with Gasteiger partial charge in [0.15, 0.2) is 0 Å². The molecule has 1 aromatic carbocycles. The fourth-order valence-electron chi connectivity index (χ4n) is 2.82. The van der Waals surface area contributed by atoms with E-state index in [0.29, 0.717) is 18.2 Å². The Morgan fingerprint density at radius 2 is 2.37 bits per heavy atom. The minimum absolute atomic E-state index is 0.271. The highest BCUT2D eigenvalue weighted by Crippen LogP contribution is 2.32. The molecule has 0 spiro atoms. The molecule has 0 amide bonds. The lowest BCUT2D eigenvalue weighted by atomic mass is 9.79. The molecule has 0 radical (unpaired) electrons. The summed E-state index contributed by atoms with van der Waals surface area (Å²) in [4.78, 5) is 0. The SMILES string of the molecule is CC1CCCC(O)(CNc2ccc(F)cc2C#N)C1. The third kappa shape index (κ3) is 3.45. The van der Waals surface area contributed by atoms with Crippen molar-refractivity contribution in [3.8, 4) is 6.07 Å². The quantitative estimate of drug-likeness (QED) is 0.880. The summed E-state index contributed by atoms with van der Waals surface area (Å²) in [6, 6.07) is 6.03. The fourth-order valence-corrected chi connectivity index (χ4v) is 2.82. The van der Waals surface area contributed by atoms with E-state index in [0.717, 1.165) is 25.7 Å². The van der Waals surface area contributed by atoms with Gasteiger partial charge in [-0.05, 0) is 37.0 Å². The van der Waals surface area contributed by atoms with Crippen molar-refractivity contribution in [3.63, 3.8) is 0 Å². The van der Waals surface area contributed by atoms with E-state index in [1.54, 1.807) is 6.07 Å². The predicted octanol–water partition coefficient (Wildman–Crippen LogP) is 3.05. The second-order valence-corrected chi connectivity index (χ2v) is 5.58. The molecule has 1 fully saturated rings. The van der Waals surface area contributed by atoms with Crippen molar-refractivity contribution in [3.05, 3.63) is 29.6 Å². The van der Waals surface area contributed by atoms with Crippen LogP contribution in [0.5, 0.6) is 0 Å². The zero-order valence-electron chi connectivity index (χ0n) is 11.1. The topological polar surface area (TPSA) is 56.0 Å². The monoisotopic (exact) mass is 262 g/mol. The van der Waals surface area contributed by atoms with Crippen LogP contribution in [-0.2, 0) is 0 Å². The summed E-state index contributed by atoms with van der Waals surface area (Å²) in [5.41, 5.74) is 0.127. The Morgan fingerprint density at radius 1 is 1.58 bits per heavy atom. The lowest BCUT2D eigenvalue weighted by molar-refractivity contribution is -0.000763. The van der Waals surface area contributed by atoms with E-state index in [9.17, 15) is 9.50 Å². The van der Waals surface area contributed by atoms with E-state index in [4.69, 9.17) is 5.26 Å². The van der Waals surface area contributed by atoms with Crippen molar-refractivity contribution in [2.75, 3.05) is 11.9 Å². The first-order valence-corrected chi connectivity index (χ1v) is 6.68. The molecule has 1 aliphatic rings. The molecule has 102 valence electrons. The zero-order valence-corrected chi connectivity index (χ0v) is 11.1. The van der Waals surface area contributed by atoms with E-state index < -0.39 is 11.4 Å². The Balaban J connectivity index is 2.04. The van der Waals surface area contributed by atoms with Gasteiger partial charge < -0.3 is 10.4 Å². The molecule has 0 bridgehead atoms. The van der Waals surface area contributed by atoms with Crippen LogP contribution >= 0.6 is 0 Å². The Labute approximate surface area is 113 Å². The standard InChI is InChI=1S/C15H19FN2O/c1-11-3-2-6-15(19,8-11)10-18-14-5-4-13(16)7-12(14)9-17/h4-5,7,11,18-19H,2-3,6,8,10H2,1H3. The minimum atomic E-state index is -0.723. The van der Waals surface area contributed by atoms with Gasteiger partial charge in [0.1, 0.15) is 11.9 Å². The van der Waals surface area contributed by atoms with Crippen LogP contribution in [0.4, 0.5) is 10.1 Å². The molecule has 2 atom stereocenters. The van der Waals surface area contributed by atoms with Gasteiger partial charge in [-0.2, -0.15) is 5.26 Å². The average Bonchev–Trinajstić information content (AvgIpc) is 2.37. The van der Waals surface area contributed by atoms with Gasteiger partial charge >= 0.3 is 0 Å². The molecule has 19 heavy (non-hydrogen) atoms. The van der Waals surface area contributed by atoms with Gasteiger partial charge in [0.05, 0.1) is 16.9 Å². The number of halogens is 1. The normalized spacial score (nSPS) is 26.7. The van der Waals surface area contributed by atoms with Crippen LogP contribution in [0.3, 0.4) is 0 Å². The Hall–Kier alpha value is -1.60. The molecule has 0 saturated heterocycles. The number of anilines is 1. The van der Waals surface area contributed by atoms with Crippen LogP contribution in [0, 0.1) is 23.1 Å². The molecular weight excluding hydrogens is 243 g/mol. The van der Waals surface area contributed by atoms with Crippen LogP contribution in [0.15, 0.2) is 18.2 Å². The minimum Gasteiger partial charge on any atom is -0.388 e. The first-order valence-electron chi connectivity index (χ1n) is 6.68. The van der Waals surface area contributed by atoms with Gasteiger partial charge in [-0.1, -0.05) is 19.8 Å². The molecule has 1 saturated carbocycles. The smallest absolute Gasteiger partial charge is 0.124 e. The van der Waals surface area contributed by atoms with Crippen molar-refractivity contribution in [2.45, 2.75) is 38.2 Å². The Kier molecular flexibility index (Phi) is 4.06. The highest BCUT2D eigenvalue weighted by atomic mass is 19.1. The Morgan fingerprint density at radius 3 is 3.05 bits per heavy atom. The average molecular weight is 262 g/mol. The number of nitrogens with one attached hydrogen (secondary N) is 1. The van der Waals surface area contributed by atoms with E-state index in [1.807, 2.05) is 6.07 Å². The second-order valence-electron chi connectivity index (χ2n) is 5.58. The van der Waals surface area contributed by atoms with Crippen LogP contribution in [0.25, 0.3) is 0 Å². The van der Waals surface area contributed by atoms with Gasteiger partial charge in [-0.25, -0.2) is 4.39 Å². The fraction of sp³-hybridized carbons (Fsp3) is 0.533. The lowest BCUT2D eigenvalue weighted by Gasteiger charge is -2.36. The number of rotatable bonds is 3. The van der Waals surface area contributed by atoms with Crippen LogP contribution in [0.1, 0.15) is 38.2 Å².